The minimum Gasteiger partial charge on any atom is -0.375 e. The molecule has 3 N–H and O–H groups in total. The van der Waals surface area contributed by atoms with Gasteiger partial charge in [0.1, 0.15) is 0 Å². The van der Waals surface area contributed by atoms with Gasteiger partial charge in [-0.1, -0.05) is 12.8 Å². The fourth-order valence-corrected chi connectivity index (χ4v) is 4.19. The van der Waals surface area contributed by atoms with Crippen LogP contribution in [0.5, 0.6) is 0 Å². The van der Waals surface area contributed by atoms with Gasteiger partial charge in [0.2, 0.25) is 0 Å². The van der Waals surface area contributed by atoms with Crippen LogP contribution in [0.25, 0.3) is 0 Å². The van der Waals surface area contributed by atoms with E-state index in [1.807, 2.05) is 0 Å². The number of aromatic nitrogens is 2. The molecular formula is C16H25ClN4O2. The summed E-state index contributed by atoms with van der Waals surface area (Å²) in [6.45, 7) is 2.43. The molecule has 23 heavy (non-hydrogen) atoms. The van der Waals surface area contributed by atoms with Crippen LogP contribution < -0.4 is 10.6 Å². The Labute approximate surface area is 142 Å². The zero-order valence-corrected chi connectivity index (χ0v) is 14.1. The average Bonchev–Trinajstić information content (AvgIpc) is 3.14. The van der Waals surface area contributed by atoms with Gasteiger partial charge in [-0.25, -0.2) is 0 Å². The smallest absolute Gasteiger partial charge is 0.272 e. The number of fused-ring (bicyclic) bond motifs is 1. The Kier molecular flexibility index (Phi) is 4.94. The van der Waals surface area contributed by atoms with Crippen LogP contribution in [-0.2, 0) is 17.7 Å². The van der Waals surface area contributed by atoms with Crippen molar-refractivity contribution < 1.29 is 9.53 Å². The van der Waals surface area contributed by atoms with Crippen molar-refractivity contribution in [2.45, 2.75) is 63.1 Å². The standard InChI is InChI=1S/C16H24N4O2.ClH/c21-15(14-12-10-17-7-3-13(12)19-20-14)18-11-4-8-22-16(9-11)5-1-2-6-16;/h11,17H,1-10H2,(H,18,21)(H,19,20);1H. The third-order valence-electron chi connectivity index (χ3n) is 5.36. The van der Waals surface area contributed by atoms with E-state index in [1.165, 1.54) is 12.8 Å². The number of nitrogens with zero attached hydrogens (tertiary/aromatic N) is 1. The lowest BCUT2D eigenvalue weighted by atomic mass is 9.89. The zero-order chi connectivity index (χ0) is 15.0. The maximum Gasteiger partial charge on any atom is 0.272 e. The minimum atomic E-state index is -0.0405. The third kappa shape index (κ3) is 3.25. The summed E-state index contributed by atoms with van der Waals surface area (Å²) >= 11 is 0. The van der Waals surface area contributed by atoms with Gasteiger partial charge >= 0.3 is 0 Å². The van der Waals surface area contributed by atoms with Crippen molar-refractivity contribution in [3.05, 3.63) is 17.0 Å². The van der Waals surface area contributed by atoms with E-state index in [0.29, 0.717) is 5.69 Å². The van der Waals surface area contributed by atoms with Crippen LogP contribution in [-0.4, -0.2) is 40.9 Å². The molecule has 2 fully saturated rings. The number of ether oxygens (including phenoxy) is 1. The number of carbonyl (C=O) groups excluding carboxylic acids is 1. The molecule has 1 saturated carbocycles. The van der Waals surface area contributed by atoms with E-state index in [9.17, 15) is 4.79 Å². The highest BCUT2D eigenvalue weighted by Crippen LogP contribution is 2.40. The van der Waals surface area contributed by atoms with Gasteiger partial charge in [-0.05, 0) is 25.7 Å². The Hall–Kier alpha value is -1.11. The number of H-pyrrole nitrogens is 1. The molecule has 0 bridgehead atoms. The largest absolute Gasteiger partial charge is 0.375 e. The molecule has 1 aliphatic carbocycles. The number of nitrogens with one attached hydrogen (secondary N) is 3. The third-order valence-corrected chi connectivity index (χ3v) is 5.36. The Morgan fingerprint density at radius 1 is 1.35 bits per heavy atom. The van der Waals surface area contributed by atoms with Gasteiger partial charge in [-0.15, -0.1) is 12.4 Å². The van der Waals surface area contributed by atoms with Crippen molar-refractivity contribution >= 4 is 18.3 Å². The quantitative estimate of drug-likeness (QED) is 0.765. The van der Waals surface area contributed by atoms with Crippen LogP contribution in [0.1, 0.15) is 60.3 Å². The maximum atomic E-state index is 12.6. The summed E-state index contributed by atoms with van der Waals surface area (Å²) < 4.78 is 6.04. The van der Waals surface area contributed by atoms with Crippen LogP contribution in [0.3, 0.4) is 0 Å². The Morgan fingerprint density at radius 2 is 2.17 bits per heavy atom. The summed E-state index contributed by atoms with van der Waals surface area (Å²) in [4.78, 5) is 12.6. The maximum absolute atomic E-state index is 12.6. The normalized spacial score (nSPS) is 25.7. The molecule has 3 aliphatic rings. The van der Waals surface area contributed by atoms with Crippen molar-refractivity contribution in [2.24, 2.45) is 0 Å². The van der Waals surface area contributed by atoms with Gasteiger partial charge in [-0.3, -0.25) is 9.89 Å². The highest BCUT2D eigenvalue weighted by molar-refractivity contribution is 5.94. The molecule has 7 heteroatoms. The van der Waals surface area contributed by atoms with E-state index in [0.717, 1.165) is 63.1 Å². The first-order valence-electron chi connectivity index (χ1n) is 8.47. The number of carbonyl (C=O) groups is 1. The number of halogens is 1. The zero-order valence-electron chi connectivity index (χ0n) is 13.3. The molecule has 1 aromatic rings. The highest BCUT2D eigenvalue weighted by Gasteiger charge is 2.40. The van der Waals surface area contributed by atoms with Gasteiger partial charge in [-0.2, -0.15) is 5.10 Å². The van der Waals surface area contributed by atoms with Crippen molar-refractivity contribution in [1.29, 1.82) is 0 Å². The molecular weight excluding hydrogens is 316 g/mol. The molecule has 6 nitrogen and oxygen atoms in total. The summed E-state index contributed by atoms with van der Waals surface area (Å²) in [5.41, 5.74) is 2.73. The summed E-state index contributed by atoms with van der Waals surface area (Å²) in [6.07, 6.45) is 7.54. The van der Waals surface area contributed by atoms with Crippen LogP contribution in [0.4, 0.5) is 0 Å². The number of aromatic amines is 1. The van der Waals surface area contributed by atoms with E-state index in [4.69, 9.17) is 4.74 Å². The second kappa shape index (κ2) is 6.79. The van der Waals surface area contributed by atoms with Gasteiger partial charge in [0.05, 0.1) is 5.60 Å². The van der Waals surface area contributed by atoms with E-state index in [2.05, 4.69) is 20.8 Å². The fraction of sp³-hybridized carbons (Fsp3) is 0.750. The molecule has 0 radical (unpaired) electrons. The number of amides is 1. The first-order valence-corrected chi connectivity index (χ1v) is 8.47. The van der Waals surface area contributed by atoms with E-state index in [1.54, 1.807) is 0 Å². The fourth-order valence-electron chi connectivity index (χ4n) is 4.19. The minimum absolute atomic E-state index is 0. The molecule has 1 aromatic heterocycles. The van der Waals surface area contributed by atoms with E-state index >= 15 is 0 Å². The Bertz CT molecular complexity index is 568. The molecule has 2 aliphatic heterocycles. The predicted molar refractivity (Wildman–Crippen MR) is 88.9 cm³/mol. The van der Waals surface area contributed by atoms with Gasteiger partial charge in [0.15, 0.2) is 5.69 Å². The Morgan fingerprint density at radius 3 is 3.00 bits per heavy atom. The van der Waals surface area contributed by atoms with E-state index < -0.39 is 0 Å². The lowest BCUT2D eigenvalue weighted by Gasteiger charge is -2.38. The molecule has 0 aromatic carbocycles. The van der Waals surface area contributed by atoms with Crippen molar-refractivity contribution in [3.63, 3.8) is 0 Å². The molecule has 4 rings (SSSR count). The molecule has 1 unspecified atom stereocenters. The summed E-state index contributed by atoms with van der Waals surface area (Å²) in [5.74, 6) is -0.0405. The van der Waals surface area contributed by atoms with Crippen LogP contribution >= 0.6 is 12.4 Å². The summed E-state index contributed by atoms with van der Waals surface area (Å²) in [6, 6.07) is 0.211. The van der Waals surface area contributed by atoms with Gasteiger partial charge < -0.3 is 15.4 Å². The molecule has 1 saturated heterocycles. The second-order valence-electron chi connectivity index (χ2n) is 6.86. The molecule has 1 atom stereocenters. The summed E-state index contributed by atoms with van der Waals surface area (Å²) in [7, 11) is 0. The average molecular weight is 341 g/mol. The second-order valence-corrected chi connectivity index (χ2v) is 6.86. The number of hydrogen-bond donors (Lipinski definition) is 3. The van der Waals surface area contributed by atoms with Crippen LogP contribution in [0.15, 0.2) is 0 Å². The molecule has 1 amide bonds. The predicted octanol–water partition coefficient (Wildman–Crippen LogP) is 1.70. The van der Waals surface area contributed by atoms with Crippen molar-refractivity contribution in [2.75, 3.05) is 13.2 Å². The Balaban J connectivity index is 0.00000156. The first kappa shape index (κ1) is 16.7. The van der Waals surface area contributed by atoms with Gasteiger partial charge in [0, 0.05) is 43.4 Å². The lowest BCUT2D eigenvalue weighted by Crippen LogP contribution is -2.47. The molecule has 3 heterocycles. The molecule has 128 valence electrons. The number of rotatable bonds is 2. The van der Waals surface area contributed by atoms with E-state index in [-0.39, 0.29) is 30.0 Å². The van der Waals surface area contributed by atoms with Gasteiger partial charge in [0.25, 0.3) is 5.91 Å². The van der Waals surface area contributed by atoms with Crippen molar-refractivity contribution in [3.8, 4) is 0 Å². The SMILES string of the molecule is Cl.O=C(NC1CCOC2(CCCC2)C1)c1n[nH]c2c1CNCC2. The summed E-state index contributed by atoms with van der Waals surface area (Å²) in [5, 5.41) is 13.8. The first-order chi connectivity index (χ1) is 10.8. The highest BCUT2D eigenvalue weighted by atomic mass is 35.5. The molecule has 1 spiro atoms. The monoisotopic (exact) mass is 340 g/mol. The lowest BCUT2D eigenvalue weighted by molar-refractivity contribution is -0.0823. The van der Waals surface area contributed by atoms with Crippen LogP contribution in [0, 0.1) is 0 Å². The van der Waals surface area contributed by atoms with Crippen LogP contribution in [0.2, 0.25) is 0 Å². The topological polar surface area (TPSA) is 79.0 Å². The van der Waals surface area contributed by atoms with Crippen molar-refractivity contribution in [1.82, 2.24) is 20.8 Å². The number of hydrogen-bond acceptors (Lipinski definition) is 4.